The molecule has 1 aromatic rings. The van der Waals surface area contributed by atoms with Gasteiger partial charge in [0.05, 0.1) is 11.7 Å². The van der Waals surface area contributed by atoms with Gasteiger partial charge in [0.1, 0.15) is 5.75 Å². The number of aryl methyl sites for hydroxylation is 1. The molecule has 12 nitrogen and oxygen atoms in total. The van der Waals surface area contributed by atoms with E-state index in [4.69, 9.17) is 9.47 Å². The van der Waals surface area contributed by atoms with Crippen molar-refractivity contribution in [3.63, 3.8) is 0 Å². The molecule has 260 valence electrons. The van der Waals surface area contributed by atoms with Crippen LogP contribution in [0.5, 0.6) is 5.75 Å². The number of nitrogens with zero attached hydrogens (tertiary/aromatic N) is 3. The van der Waals surface area contributed by atoms with Crippen LogP contribution < -0.4 is 15.0 Å². The Hall–Kier alpha value is -3.97. The summed E-state index contributed by atoms with van der Waals surface area (Å²) < 4.78 is 41.0. The number of nitrogens with one attached hydrogen (secondary N) is 1. The molecule has 1 saturated heterocycles. The van der Waals surface area contributed by atoms with Gasteiger partial charge in [-0.15, -0.1) is 0 Å². The zero-order valence-corrected chi connectivity index (χ0v) is 28.2. The van der Waals surface area contributed by atoms with Crippen LogP contribution in [0.2, 0.25) is 0 Å². The lowest BCUT2D eigenvalue weighted by molar-refractivity contribution is -0.178. The molecule has 0 bridgehead atoms. The van der Waals surface area contributed by atoms with Gasteiger partial charge in [-0.05, 0) is 56.7 Å². The predicted molar refractivity (Wildman–Crippen MR) is 167 cm³/mol. The number of anilines is 1. The van der Waals surface area contributed by atoms with Crippen molar-refractivity contribution in [1.82, 2.24) is 15.1 Å². The molecule has 2 aliphatic heterocycles. The number of piperidine rings is 1. The number of rotatable bonds is 10. The highest BCUT2D eigenvalue weighted by Gasteiger charge is 2.60. The summed E-state index contributed by atoms with van der Waals surface area (Å²) in [5, 5.41) is 2.83. The minimum atomic E-state index is -3.35. The first-order valence-electron chi connectivity index (χ1n) is 16.2. The van der Waals surface area contributed by atoms with Crippen LogP contribution in [0.25, 0.3) is 0 Å². The van der Waals surface area contributed by atoms with Crippen LogP contribution in [0.3, 0.4) is 0 Å². The number of carbonyl (C=O) groups excluding carboxylic acids is 5. The standard InChI is InChI=1S/C33H46F2N4O8/c1-8-26(40)36-11-13-38-24-15-23(20(4)14-25(24)47-33(30(38)43)17-32(6,7)18-33)28(41)39(19(2)3)22-10-9-12-37(16-22)31(44)46-21(5)45-29(42)27(34)35/h14-15,19,21-22,27H,8-13,16-18H2,1-7H3,(H,36,40)/t21?,22-/m0/s1. The summed E-state index contributed by atoms with van der Waals surface area (Å²) in [6.45, 7) is 13.5. The Kier molecular flexibility index (Phi) is 10.7. The van der Waals surface area contributed by atoms with Crippen molar-refractivity contribution in [1.29, 1.82) is 0 Å². The second-order valence-electron chi connectivity index (χ2n) is 13.6. The van der Waals surface area contributed by atoms with Crippen molar-refractivity contribution in [3.05, 3.63) is 23.3 Å². The van der Waals surface area contributed by atoms with E-state index < -0.39 is 36.4 Å². The van der Waals surface area contributed by atoms with Crippen LogP contribution in [0.1, 0.15) is 89.6 Å². The normalized spacial score (nSPS) is 20.2. The van der Waals surface area contributed by atoms with E-state index in [2.05, 4.69) is 23.9 Å². The van der Waals surface area contributed by atoms with Crippen molar-refractivity contribution in [3.8, 4) is 5.75 Å². The molecule has 1 aliphatic carbocycles. The van der Waals surface area contributed by atoms with Crippen molar-refractivity contribution in [2.75, 3.05) is 31.1 Å². The Labute approximate surface area is 274 Å². The van der Waals surface area contributed by atoms with E-state index in [-0.39, 0.29) is 48.8 Å². The second-order valence-corrected chi connectivity index (χ2v) is 13.6. The van der Waals surface area contributed by atoms with Gasteiger partial charge in [0.25, 0.3) is 11.8 Å². The molecule has 1 saturated carbocycles. The van der Waals surface area contributed by atoms with E-state index in [9.17, 15) is 32.8 Å². The molecule has 1 spiro atoms. The average molecular weight is 665 g/mol. The van der Waals surface area contributed by atoms with Gasteiger partial charge in [0.2, 0.25) is 12.2 Å². The third-order valence-electron chi connectivity index (χ3n) is 8.84. The molecule has 4 rings (SSSR count). The highest BCUT2D eigenvalue weighted by atomic mass is 19.3. The zero-order valence-electron chi connectivity index (χ0n) is 28.2. The van der Waals surface area contributed by atoms with Crippen LogP contribution in [0.4, 0.5) is 19.3 Å². The van der Waals surface area contributed by atoms with Crippen LogP contribution >= 0.6 is 0 Å². The number of hydrogen-bond donors (Lipinski definition) is 1. The molecule has 0 aromatic heterocycles. The molecule has 47 heavy (non-hydrogen) atoms. The first-order valence-corrected chi connectivity index (χ1v) is 16.2. The Morgan fingerprint density at radius 3 is 2.40 bits per heavy atom. The smallest absolute Gasteiger partial charge is 0.412 e. The van der Waals surface area contributed by atoms with Gasteiger partial charge >= 0.3 is 18.5 Å². The van der Waals surface area contributed by atoms with E-state index >= 15 is 0 Å². The number of carbonyl (C=O) groups is 5. The summed E-state index contributed by atoms with van der Waals surface area (Å²) in [4.78, 5) is 68.9. The lowest BCUT2D eigenvalue weighted by Crippen LogP contribution is -2.65. The topological polar surface area (TPSA) is 135 Å². The number of alkyl halides is 2. The fraction of sp³-hybridized carbons (Fsp3) is 0.667. The van der Waals surface area contributed by atoms with Gasteiger partial charge in [0, 0.05) is 64.0 Å². The van der Waals surface area contributed by atoms with Crippen molar-refractivity contribution in [2.24, 2.45) is 5.41 Å². The first kappa shape index (κ1) is 35.9. The maximum Gasteiger partial charge on any atom is 0.412 e. The van der Waals surface area contributed by atoms with E-state index in [1.54, 1.807) is 28.9 Å². The number of benzene rings is 1. The summed E-state index contributed by atoms with van der Waals surface area (Å²) in [6.07, 6.45) is -3.16. The van der Waals surface area contributed by atoms with Crippen molar-refractivity contribution < 1.29 is 47.0 Å². The van der Waals surface area contributed by atoms with Gasteiger partial charge in [-0.25, -0.2) is 9.59 Å². The summed E-state index contributed by atoms with van der Waals surface area (Å²) in [6, 6.07) is 2.78. The molecule has 2 fully saturated rings. The van der Waals surface area contributed by atoms with Gasteiger partial charge in [-0.2, -0.15) is 8.78 Å². The minimum Gasteiger partial charge on any atom is -0.475 e. The molecule has 1 N–H and O–H groups in total. The summed E-state index contributed by atoms with van der Waals surface area (Å²) in [5.74, 6) is -1.92. The molecular formula is C33H46F2N4O8. The van der Waals surface area contributed by atoms with E-state index in [1.165, 1.54) is 11.8 Å². The number of likely N-dealkylation sites (tertiary alicyclic amines) is 1. The number of halogens is 2. The fourth-order valence-corrected chi connectivity index (χ4v) is 6.94. The monoisotopic (exact) mass is 664 g/mol. The van der Waals surface area contributed by atoms with Gasteiger partial charge < -0.3 is 34.2 Å². The maximum absolute atomic E-state index is 14.3. The van der Waals surface area contributed by atoms with Crippen LogP contribution in [0, 0.1) is 12.3 Å². The zero-order chi connectivity index (χ0) is 34.8. The number of hydrogen-bond acceptors (Lipinski definition) is 8. The van der Waals surface area contributed by atoms with Crippen LogP contribution in [-0.2, 0) is 23.9 Å². The van der Waals surface area contributed by atoms with Crippen LogP contribution in [0.15, 0.2) is 12.1 Å². The fourth-order valence-electron chi connectivity index (χ4n) is 6.94. The highest BCUT2D eigenvalue weighted by molar-refractivity contribution is 6.06. The molecule has 0 radical (unpaired) electrons. The average Bonchev–Trinajstić information content (AvgIpc) is 2.97. The lowest BCUT2D eigenvalue weighted by Gasteiger charge is -2.55. The molecule has 1 aromatic carbocycles. The molecule has 1 unspecified atom stereocenters. The van der Waals surface area contributed by atoms with Crippen molar-refractivity contribution >= 4 is 35.5 Å². The molecular weight excluding hydrogens is 618 g/mol. The number of amides is 4. The van der Waals surface area contributed by atoms with Gasteiger partial charge in [-0.1, -0.05) is 20.8 Å². The van der Waals surface area contributed by atoms with Gasteiger partial charge in [-0.3, -0.25) is 14.4 Å². The maximum atomic E-state index is 14.3. The van der Waals surface area contributed by atoms with Crippen LogP contribution in [-0.4, -0.2) is 96.2 Å². The predicted octanol–water partition coefficient (Wildman–Crippen LogP) is 4.41. The SMILES string of the molecule is CCC(=O)NCCN1C(=O)C2(CC(C)(C)C2)Oc2cc(C)c(C(=O)N(C(C)C)[C@H]3CCCN(C(=O)OC(C)OC(=O)C(F)F)C3)cc21. The quantitative estimate of drug-likeness (QED) is 0.287. The number of fused-ring (bicyclic) bond motifs is 1. The third-order valence-corrected chi connectivity index (χ3v) is 8.84. The minimum absolute atomic E-state index is 0.0629. The third kappa shape index (κ3) is 7.78. The molecule has 4 amide bonds. The number of esters is 1. The van der Waals surface area contributed by atoms with E-state index in [0.717, 1.165) is 0 Å². The van der Waals surface area contributed by atoms with E-state index in [1.807, 2.05) is 20.8 Å². The summed E-state index contributed by atoms with van der Waals surface area (Å²) >= 11 is 0. The van der Waals surface area contributed by atoms with Crippen molar-refractivity contribution in [2.45, 2.75) is 111 Å². The Balaban J connectivity index is 1.58. The molecule has 2 heterocycles. The summed E-state index contributed by atoms with van der Waals surface area (Å²) in [7, 11) is 0. The molecule has 3 aliphatic rings. The highest BCUT2D eigenvalue weighted by Crippen LogP contribution is 2.55. The van der Waals surface area contributed by atoms with E-state index in [0.29, 0.717) is 61.2 Å². The van der Waals surface area contributed by atoms with Gasteiger partial charge in [0.15, 0.2) is 5.60 Å². The first-order chi connectivity index (χ1) is 22.0. The Morgan fingerprint density at radius 2 is 1.81 bits per heavy atom. The number of ether oxygens (including phenoxy) is 3. The Morgan fingerprint density at radius 1 is 1.13 bits per heavy atom. The second kappa shape index (κ2) is 14.0. The molecule has 2 atom stereocenters. The molecule has 14 heteroatoms. The largest absolute Gasteiger partial charge is 0.475 e. The lowest BCUT2D eigenvalue weighted by atomic mass is 9.60. The summed E-state index contributed by atoms with van der Waals surface area (Å²) in [5.41, 5.74) is 0.418. The Bertz CT molecular complexity index is 1390.